The number of nitrogens with zero attached hydrogens (tertiary/aromatic N) is 1. The molecule has 1 aliphatic heterocycles. The minimum absolute atomic E-state index is 0.220. The van der Waals surface area contributed by atoms with E-state index >= 15 is 0 Å². The maximum absolute atomic E-state index is 12.3. The van der Waals surface area contributed by atoms with E-state index < -0.39 is 0 Å². The first kappa shape index (κ1) is 16.5. The topological polar surface area (TPSA) is 44.4 Å². The Morgan fingerprint density at radius 1 is 1.09 bits per heavy atom. The summed E-state index contributed by atoms with van der Waals surface area (Å²) in [4.78, 5) is 14.8. The third-order valence-corrected chi connectivity index (χ3v) is 5.31. The molecule has 0 spiro atoms. The van der Waals surface area contributed by atoms with Crippen molar-refractivity contribution in [3.8, 4) is 0 Å². The Balaban J connectivity index is 1.36. The van der Waals surface area contributed by atoms with Crippen LogP contribution in [0.25, 0.3) is 0 Å². The van der Waals surface area contributed by atoms with Crippen molar-refractivity contribution in [1.29, 1.82) is 0 Å². The van der Waals surface area contributed by atoms with Crippen molar-refractivity contribution in [2.75, 3.05) is 39.3 Å². The predicted octanol–water partition coefficient (Wildman–Crippen LogP) is 1.98. The Morgan fingerprint density at radius 3 is 2.48 bits per heavy atom. The van der Waals surface area contributed by atoms with E-state index in [1.807, 2.05) is 0 Å². The maximum Gasteiger partial charge on any atom is 0.223 e. The third kappa shape index (κ3) is 4.79. The van der Waals surface area contributed by atoms with Gasteiger partial charge in [-0.25, -0.2) is 0 Å². The van der Waals surface area contributed by atoms with Gasteiger partial charge in [-0.15, -0.1) is 0 Å². The van der Waals surface area contributed by atoms with Crippen LogP contribution in [-0.4, -0.2) is 50.1 Å². The van der Waals surface area contributed by atoms with Crippen molar-refractivity contribution in [3.63, 3.8) is 0 Å². The van der Waals surface area contributed by atoms with Gasteiger partial charge in [-0.3, -0.25) is 9.69 Å². The van der Waals surface area contributed by atoms with Crippen LogP contribution in [0.3, 0.4) is 0 Å². The average Bonchev–Trinajstić information content (AvgIpc) is 2.63. The summed E-state index contributed by atoms with van der Waals surface area (Å²) >= 11 is 0. The number of benzene rings is 1. The van der Waals surface area contributed by atoms with Crippen LogP contribution in [0.4, 0.5) is 0 Å². The molecule has 2 aliphatic rings. The molecule has 2 fully saturated rings. The summed E-state index contributed by atoms with van der Waals surface area (Å²) in [5.41, 5.74) is 1.44. The number of hydrogen-bond donors (Lipinski definition) is 2. The molecule has 2 N–H and O–H groups in total. The van der Waals surface area contributed by atoms with E-state index in [4.69, 9.17) is 0 Å². The minimum Gasteiger partial charge on any atom is -0.355 e. The fourth-order valence-corrected chi connectivity index (χ4v) is 3.83. The Kier molecular flexibility index (Phi) is 6.06. The molecule has 126 valence electrons. The van der Waals surface area contributed by atoms with Crippen LogP contribution in [0.5, 0.6) is 0 Å². The molecule has 0 bridgehead atoms. The fourth-order valence-electron chi connectivity index (χ4n) is 3.83. The second-order valence-electron chi connectivity index (χ2n) is 6.84. The maximum atomic E-state index is 12.3. The summed E-state index contributed by atoms with van der Waals surface area (Å²) in [6.45, 7) is 6.09. The molecule has 4 heteroatoms. The highest BCUT2D eigenvalue weighted by Gasteiger charge is 2.26. The number of hydrogen-bond acceptors (Lipinski definition) is 3. The van der Waals surface area contributed by atoms with E-state index in [0.717, 1.165) is 65.0 Å². The van der Waals surface area contributed by atoms with Crippen molar-refractivity contribution in [3.05, 3.63) is 35.9 Å². The van der Waals surface area contributed by atoms with Gasteiger partial charge < -0.3 is 10.6 Å². The van der Waals surface area contributed by atoms with Gasteiger partial charge in [0.2, 0.25) is 5.91 Å². The van der Waals surface area contributed by atoms with Crippen LogP contribution in [0.15, 0.2) is 30.3 Å². The SMILES string of the molecule is O=C(NCCN1CCNCC1)C1CCC(c2ccccc2)CC1. The number of carbonyl (C=O) groups excluding carboxylic acids is 1. The first-order valence-electron chi connectivity index (χ1n) is 9.08. The molecular weight excluding hydrogens is 286 g/mol. The first-order valence-corrected chi connectivity index (χ1v) is 9.08. The number of amides is 1. The molecule has 1 saturated carbocycles. The van der Waals surface area contributed by atoms with Crippen LogP contribution in [0, 0.1) is 5.92 Å². The molecule has 1 saturated heterocycles. The normalized spacial score (nSPS) is 25.9. The van der Waals surface area contributed by atoms with E-state index in [-0.39, 0.29) is 11.8 Å². The van der Waals surface area contributed by atoms with E-state index in [1.54, 1.807) is 0 Å². The second-order valence-corrected chi connectivity index (χ2v) is 6.84. The molecule has 0 radical (unpaired) electrons. The Morgan fingerprint density at radius 2 is 1.78 bits per heavy atom. The number of carbonyl (C=O) groups is 1. The summed E-state index contributed by atoms with van der Waals surface area (Å²) in [6.07, 6.45) is 4.33. The molecule has 0 unspecified atom stereocenters. The lowest BCUT2D eigenvalue weighted by Gasteiger charge is -2.29. The second kappa shape index (κ2) is 8.46. The van der Waals surface area contributed by atoms with Gasteiger partial charge in [0.15, 0.2) is 0 Å². The van der Waals surface area contributed by atoms with Crippen molar-refractivity contribution in [1.82, 2.24) is 15.5 Å². The summed E-state index contributed by atoms with van der Waals surface area (Å²) in [6, 6.07) is 10.7. The molecule has 4 nitrogen and oxygen atoms in total. The molecular formula is C19H29N3O. The molecule has 0 aromatic heterocycles. The van der Waals surface area contributed by atoms with Crippen molar-refractivity contribution in [2.45, 2.75) is 31.6 Å². The highest BCUT2D eigenvalue weighted by Crippen LogP contribution is 2.35. The lowest BCUT2D eigenvalue weighted by atomic mass is 9.78. The van der Waals surface area contributed by atoms with Crippen LogP contribution in [-0.2, 0) is 4.79 Å². The monoisotopic (exact) mass is 315 g/mol. The molecule has 1 aromatic carbocycles. The minimum atomic E-state index is 0.220. The van der Waals surface area contributed by atoms with Crippen molar-refractivity contribution >= 4 is 5.91 Å². The summed E-state index contributed by atoms with van der Waals surface area (Å²) in [5, 5.41) is 6.51. The predicted molar refractivity (Wildman–Crippen MR) is 93.5 cm³/mol. The lowest BCUT2D eigenvalue weighted by Crippen LogP contribution is -2.46. The third-order valence-electron chi connectivity index (χ3n) is 5.31. The highest BCUT2D eigenvalue weighted by atomic mass is 16.1. The Bertz CT molecular complexity index is 477. The van der Waals surface area contributed by atoms with Gasteiger partial charge >= 0.3 is 0 Å². The Labute approximate surface area is 139 Å². The van der Waals surface area contributed by atoms with Gasteiger partial charge in [-0.2, -0.15) is 0 Å². The lowest BCUT2D eigenvalue weighted by molar-refractivity contribution is -0.126. The smallest absolute Gasteiger partial charge is 0.223 e. The van der Waals surface area contributed by atoms with Gasteiger partial charge in [-0.05, 0) is 37.2 Å². The van der Waals surface area contributed by atoms with Gasteiger partial charge in [0.1, 0.15) is 0 Å². The molecule has 3 rings (SSSR count). The summed E-state index contributed by atoms with van der Waals surface area (Å²) in [7, 11) is 0. The summed E-state index contributed by atoms with van der Waals surface area (Å²) < 4.78 is 0. The largest absolute Gasteiger partial charge is 0.355 e. The van der Waals surface area contributed by atoms with Crippen molar-refractivity contribution in [2.24, 2.45) is 5.92 Å². The van der Waals surface area contributed by atoms with Gasteiger partial charge in [0.25, 0.3) is 0 Å². The van der Waals surface area contributed by atoms with Gasteiger partial charge in [0.05, 0.1) is 0 Å². The number of piperazine rings is 1. The van der Waals surface area contributed by atoms with E-state index in [0.29, 0.717) is 5.92 Å². The fraction of sp³-hybridized carbons (Fsp3) is 0.632. The molecule has 1 aliphatic carbocycles. The Hall–Kier alpha value is -1.39. The quantitative estimate of drug-likeness (QED) is 0.873. The molecule has 0 atom stereocenters. The molecule has 1 heterocycles. The number of nitrogens with one attached hydrogen (secondary N) is 2. The molecule has 1 amide bonds. The van der Waals surface area contributed by atoms with Crippen LogP contribution in [0.2, 0.25) is 0 Å². The zero-order valence-corrected chi connectivity index (χ0v) is 14.0. The zero-order valence-electron chi connectivity index (χ0n) is 14.0. The molecule has 1 aromatic rings. The van der Waals surface area contributed by atoms with Crippen LogP contribution >= 0.6 is 0 Å². The van der Waals surface area contributed by atoms with E-state index in [2.05, 4.69) is 45.9 Å². The molecule has 23 heavy (non-hydrogen) atoms. The van der Waals surface area contributed by atoms with Crippen LogP contribution in [0.1, 0.15) is 37.2 Å². The standard InChI is InChI=1S/C19H29N3O/c23-19(21-12-15-22-13-10-20-11-14-22)18-8-6-17(7-9-18)16-4-2-1-3-5-16/h1-5,17-18,20H,6-15H2,(H,21,23). The van der Waals surface area contributed by atoms with Crippen LogP contribution < -0.4 is 10.6 Å². The van der Waals surface area contributed by atoms with Gasteiger partial charge in [-0.1, -0.05) is 30.3 Å². The van der Waals surface area contributed by atoms with E-state index in [1.165, 1.54) is 5.56 Å². The summed E-state index contributed by atoms with van der Waals surface area (Å²) in [5.74, 6) is 1.13. The van der Waals surface area contributed by atoms with Gasteiger partial charge in [0, 0.05) is 45.2 Å². The van der Waals surface area contributed by atoms with E-state index in [9.17, 15) is 4.79 Å². The number of rotatable bonds is 5. The zero-order chi connectivity index (χ0) is 15.9. The highest BCUT2D eigenvalue weighted by molar-refractivity contribution is 5.78. The first-order chi connectivity index (χ1) is 11.3. The van der Waals surface area contributed by atoms with Crippen molar-refractivity contribution < 1.29 is 4.79 Å². The average molecular weight is 315 g/mol.